The maximum atomic E-state index is 14.2. The van der Waals surface area contributed by atoms with E-state index in [2.05, 4.69) is 51.8 Å². The molecule has 262 valence electrons. The van der Waals surface area contributed by atoms with Gasteiger partial charge in [-0.1, -0.05) is 65.9 Å². The maximum absolute atomic E-state index is 14.2. The molecule has 1 aliphatic rings. The molecule has 6 rings (SSSR count). The van der Waals surface area contributed by atoms with Crippen LogP contribution in [0, 0.1) is 3.57 Å². The molecule has 0 saturated heterocycles. The molecule has 0 bridgehead atoms. The third-order valence-electron chi connectivity index (χ3n) is 8.19. The zero-order valence-electron chi connectivity index (χ0n) is 28.4. The molecule has 0 aliphatic carbocycles. The molecule has 0 spiro atoms. The summed E-state index contributed by atoms with van der Waals surface area (Å²) in [7, 11) is 1.28. The first-order valence-electron chi connectivity index (χ1n) is 16.3. The van der Waals surface area contributed by atoms with Gasteiger partial charge in [-0.3, -0.25) is 9.36 Å². The van der Waals surface area contributed by atoms with Gasteiger partial charge in [0.2, 0.25) is 0 Å². The number of aromatic nitrogens is 1. The number of carbonyl (C=O) groups is 2. The van der Waals surface area contributed by atoms with Crippen molar-refractivity contribution < 1.29 is 33.3 Å². The van der Waals surface area contributed by atoms with Crippen molar-refractivity contribution in [1.82, 2.24) is 4.57 Å². The molecule has 0 saturated carbocycles. The average Bonchev–Trinajstić information content (AvgIpc) is 3.43. The fourth-order valence-corrected chi connectivity index (χ4v) is 7.58. The number of carbonyl (C=O) groups excluding carboxylic acids is 2. The first kappa shape index (κ1) is 35.9. The van der Waals surface area contributed by atoms with E-state index in [1.165, 1.54) is 23.0 Å². The largest absolute Gasteiger partial charge is 0.490 e. The van der Waals surface area contributed by atoms with Crippen LogP contribution in [0.3, 0.4) is 0 Å². The molecule has 51 heavy (non-hydrogen) atoms. The van der Waals surface area contributed by atoms with E-state index in [1.54, 1.807) is 32.0 Å². The quantitative estimate of drug-likeness (QED) is 0.110. The van der Waals surface area contributed by atoms with Crippen LogP contribution in [0.4, 0.5) is 0 Å². The second-order valence-electron chi connectivity index (χ2n) is 11.4. The summed E-state index contributed by atoms with van der Waals surface area (Å²) < 4.78 is 30.7. The lowest BCUT2D eigenvalue weighted by Crippen LogP contribution is -2.40. The van der Waals surface area contributed by atoms with E-state index in [0.717, 1.165) is 31.2 Å². The van der Waals surface area contributed by atoms with Crippen LogP contribution >= 0.6 is 33.9 Å². The highest BCUT2D eigenvalue weighted by Gasteiger charge is 2.34. The van der Waals surface area contributed by atoms with Gasteiger partial charge in [0.15, 0.2) is 22.9 Å². The van der Waals surface area contributed by atoms with E-state index >= 15 is 0 Å². The van der Waals surface area contributed by atoms with E-state index in [0.29, 0.717) is 45.3 Å². The molecule has 0 N–H and O–H groups in total. The van der Waals surface area contributed by atoms with Crippen LogP contribution in [0.25, 0.3) is 16.8 Å². The molecule has 10 nitrogen and oxygen atoms in total. The molecule has 0 fully saturated rings. The zero-order chi connectivity index (χ0) is 36.1. The van der Waals surface area contributed by atoms with Crippen LogP contribution in [-0.4, -0.2) is 43.4 Å². The van der Waals surface area contributed by atoms with Crippen molar-refractivity contribution in [2.75, 3.05) is 26.9 Å². The monoisotopic (exact) mass is 818 g/mol. The zero-order valence-corrected chi connectivity index (χ0v) is 31.4. The number of nitrogens with zero attached hydrogens (tertiary/aromatic N) is 2. The third-order valence-corrected chi connectivity index (χ3v) is 10.0. The number of rotatable bonds is 12. The fraction of sp³-hybridized carbons (Fsp3) is 0.231. The van der Waals surface area contributed by atoms with Gasteiger partial charge in [0, 0.05) is 0 Å². The molecular weight excluding hydrogens is 783 g/mol. The predicted octanol–water partition coefficient (Wildman–Crippen LogP) is 6.09. The maximum Gasteiger partial charge on any atom is 0.343 e. The van der Waals surface area contributed by atoms with Gasteiger partial charge in [-0.25, -0.2) is 14.6 Å². The molecule has 0 amide bonds. The van der Waals surface area contributed by atoms with Crippen molar-refractivity contribution in [2.45, 2.75) is 33.4 Å². The number of hydrogen-bond donors (Lipinski definition) is 0. The highest BCUT2D eigenvalue weighted by Crippen LogP contribution is 2.36. The van der Waals surface area contributed by atoms with E-state index in [-0.39, 0.29) is 24.3 Å². The molecule has 2 heterocycles. The smallest absolute Gasteiger partial charge is 0.343 e. The Balaban J connectivity index is 1.36. The topological polar surface area (TPSA) is 115 Å². The SMILES string of the molecule is CCOC(=O)C1=C(C)N=c2s/c(=C\c3ccc(OCc4cccc5ccccc45)c(I)c3)c(=O)n2[C@@H]1c1ccc(OCC(=O)OC)c(OCC)c1. The number of thiazole rings is 1. The Bertz CT molecular complexity index is 2340. The summed E-state index contributed by atoms with van der Waals surface area (Å²) in [5.41, 5.74) is 2.86. The number of allylic oxidation sites excluding steroid dienone is 1. The highest BCUT2D eigenvalue weighted by molar-refractivity contribution is 14.1. The lowest BCUT2D eigenvalue weighted by atomic mass is 9.95. The van der Waals surface area contributed by atoms with Crippen molar-refractivity contribution in [3.05, 3.63) is 130 Å². The highest BCUT2D eigenvalue weighted by atomic mass is 127. The molecule has 0 unspecified atom stereocenters. The number of esters is 2. The number of ether oxygens (including phenoxy) is 5. The van der Waals surface area contributed by atoms with Crippen molar-refractivity contribution in [2.24, 2.45) is 4.99 Å². The van der Waals surface area contributed by atoms with Gasteiger partial charge in [-0.15, -0.1) is 0 Å². The number of methoxy groups -OCH3 is 1. The molecule has 1 aromatic heterocycles. The summed E-state index contributed by atoms with van der Waals surface area (Å²) in [5, 5.41) is 2.31. The molecule has 1 atom stereocenters. The Morgan fingerprint density at radius 3 is 2.47 bits per heavy atom. The van der Waals surface area contributed by atoms with Crippen LogP contribution in [0.1, 0.15) is 43.5 Å². The van der Waals surface area contributed by atoms with Crippen molar-refractivity contribution in [1.29, 1.82) is 0 Å². The van der Waals surface area contributed by atoms with Crippen LogP contribution in [0.2, 0.25) is 0 Å². The summed E-state index contributed by atoms with van der Waals surface area (Å²) in [6.45, 7) is 5.84. The minimum atomic E-state index is -0.860. The van der Waals surface area contributed by atoms with Gasteiger partial charge >= 0.3 is 11.9 Å². The van der Waals surface area contributed by atoms with Gasteiger partial charge in [-0.05, 0) is 101 Å². The van der Waals surface area contributed by atoms with Gasteiger partial charge in [0.05, 0.1) is 45.7 Å². The first-order chi connectivity index (χ1) is 24.7. The van der Waals surface area contributed by atoms with E-state index < -0.39 is 18.0 Å². The Labute approximate surface area is 311 Å². The van der Waals surface area contributed by atoms with Crippen LogP contribution in [-0.2, 0) is 25.7 Å². The lowest BCUT2D eigenvalue weighted by molar-refractivity contribution is -0.143. The standard InChI is InChI=1S/C39H35IN2O8S/c1-5-47-32-20-26(15-17-31(32)50-22-34(43)46-4)36-35(38(45)48-6-2)23(3)41-39-42(36)37(44)33(51-39)19-24-14-16-30(29(40)18-24)49-21-27-12-9-11-25-10-7-8-13-28(25)27/h7-20,36H,5-6,21-22H2,1-4H3/b33-19-/t36-/m1/s1. The molecule has 4 aromatic carbocycles. The van der Waals surface area contributed by atoms with Crippen molar-refractivity contribution >= 4 is 62.7 Å². The minimum Gasteiger partial charge on any atom is -0.490 e. The van der Waals surface area contributed by atoms with Crippen LogP contribution < -0.4 is 29.1 Å². The fourth-order valence-electron chi connectivity index (χ4n) is 5.83. The molecule has 12 heteroatoms. The Morgan fingerprint density at radius 2 is 1.71 bits per heavy atom. The molecular formula is C39H35IN2O8S. The molecule has 0 radical (unpaired) electrons. The van der Waals surface area contributed by atoms with Gasteiger partial charge in [-0.2, -0.15) is 0 Å². The van der Waals surface area contributed by atoms with E-state index in [1.807, 2.05) is 49.4 Å². The van der Waals surface area contributed by atoms with Gasteiger partial charge in [0.25, 0.3) is 5.56 Å². The summed E-state index contributed by atoms with van der Waals surface area (Å²) in [4.78, 5) is 44.5. The number of hydrogen-bond acceptors (Lipinski definition) is 10. The normalized spacial score (nSPS) is 14.1. The van der Waals surface area contributed by atoms with Gasteiger partial charge < -0.3 is 23.7 Å². The minimum absolute atomic E-state index is 0.150. The number of fused-ring (bicyclic) bond motifs is 2. The molecule has 1 aliphatic heterocycles. The summed E-state index contributed by atoms with van der Waals surface area (Å²) in [5.74, 6) is 0.276. The summed E-state index contributed by atoms with van der Waals surface area (Å²) >= 11 is 3.48. The van der Waals surface area contributed by atoms with E-state index in [9.17, 15) is 14.4 Å². The van der Waals surface area contributed by atoms with Crippen LogP contribution in [0.15, 0.2) is 99.9 Å². The second kappa shape index (κ2) is 15.9. The van der Waals surface area contributed by atoms with E-state index in [4.69, 9.17) is 23.7 Å². The Hall–Kier alpha value is -4.95. The first-order valence-corrected chi connectivity index (χ1v) is 18.2. The van der Waals surface area contributed by atoms with Crippen LogP contribution in [0.5, 0.6) is 17.2 Å². The van der Waals surface area contributed by atoms with Gasteiger partial charge in [0.1, 0.15) is 12.4 Å². The Kier molecular flexibility index (Phi) is 11.2. The summed E-state index contributed by atoms with van der Waals surface area (Å²) in [6, 6.07) is 24.4. The summed E-state index contributed by atoms with van der Waals surface area (Å²) in [6.07, 6.45) is 1.82. The van der Waals surface area contributed by atoms with Crippen molar-refractivity contribution in [3.63, 3.8) is 0 Å². The third kappa shape index (κ3) is 7.71. The second-order valence-corrected chi connectivity index (χ2v) is 13.6. The number of halogens is 1. The predicted molar refractivity (Wildman–Crippen MR) is 203 cm³/mol. The average molecular weight is 819 g/mol. The number of benzene rings is 4. The Morgan fingerprint density at radius 1 is 0.922 bits per heavy atom. The van der Waals surface area contributed by atoms with Crippen molar-refractivity contribution in [3.8, 4) is 17.2 Å². The molecule has 5 aromatic rings. The lowest BCUT2D eigenvalue weighted by Gasteiger charge is -2.25.